The van der Waals surface area contributed by atoms with E-state index < -0.39 is 11.2 Å². The van der Waals surface area contributed by atoms with Crippen LogP contribution in [0.3, 0.4) is 0 Å². The third-order valence-electron chi connectivity index (χ3n) is 9.29. The van der Waals surface area contributed by atoms with Crippen molar-refractivity contribution < 1.29 is 28.7 Å². The maximum atomic E-state index is 12.6. The van der Waals surface area contributed by atoms with Crippen LogP contribution in [0.15, 0.2) is 0 Å². The molecule has 2 aliphatic heterocycles. The summed E-state index contributed by atoms with van der Waals surface area (Å²) in [6, 6.07) is 0. The number of nitrogens with zero attached hydrogens (tertiary/aromatic N) is 2. The Kier molecular flexibility index (Phi) is 7.69. The molecule has 0 bridgehead atoms. The molecule has 3 spiro atoms. The van der Waals surface area contributed by atoms with Gasteiger partial charge in [-0.05, 0) is 106 Å². The van der Waals surface area contributed by atoms with Gasteiger partial charge in [0.25, 0.3) is 0 Å². The van der Waals surface area contributed by atoms with Gasteiger partial charge in [0, 0.05) is 48.8 Å². The molecule has 0 aromatic rings. The largest absolute Gasteiger partial charge is 0.444 e. The SMILES string of the molecule is CC(C)(C)OC(=O)N1CCC2(CC1)CCC1(CC1)C2=O.CC(C)(C)OC(=O)N1CCC2(CCCC2=O)CC1. The van der Waals surface area contributed by atoms with Gasteiger partial charge in [0.2, 0.25) is 0 Å². The number of hydrogen-bond donors (Lipinski definition) is 0. The lowest BCUT2D eigenvalue weighted by atomic mass is 9.75. The minimum Gasteiger partial charge on any atom is -0.444 e. The van der Waals surface area contributed by atoms with Gasteiger partial charge in [-0.25, -0.2) is 9.59 Å². The van der Waals surface area contributed by atoms with Crippen LogP contribution in [0.5, 0.6) is 0 Å². The van der Waals surface area contributed by atoms with Gasteiger partial charge in [0.15, 0.2) is 0 Å². The maximum Gasteiger partial charge on any atom is 0.410 e. The summed E-state index contributed by atoms with van der Waals surface area (Å²) in [4.78, 5) is 52.0. The molecule has 0 aromatic carbocycles. The predicted molar refractivity (Wildman–Crippen MR) is 144 cm³/mol. The number of ketones is 2. The van der Waals surface area contributed by atoms with Crippen LogP contribution >= 0.6 is 0 Å². The summed E-state index contributed by atoms with van der Waals surface area (Å²) in [5.74, 6) is 0.917. The Labute approximate surface area is 228 Å². The lowest BCUT2D eigenvalue weighted by Crippen LogP contribution is -2.47. The van der Waals surface area contributed by atoms with Crippen molar-refractivity contribution in [2.24, 2.45) is 16.2 Å². The normalized spacial score (nSPS) is 25.4. The zero-order chi connectivity index (χ0) is 28.0. The average Bonchev–Trinajstić information content (AvgIpc) is 3.48. The second kappa shape index (κ2) is 10.1. The van der Waals surface area contributed by atoms with Crippen LogP contribution in [0.2, 0.25) is 0 Å². The van der Waals surface area contributed by atoms with Crippen LogP contribution < -0.4 is 0 Å². The molecule has 0 atom stereocenters. The highest BCUT2D eigenvalue weighted by molar-refractivity contribution is 5.95. The van der Waals surface area contributed by atoms with Crippen LogP contribution in [0.25, 0.3) is 0 Å². The summed E-state index contributed by atoms with van der Waals surface area (Å²) in [5, 5.41) is 0. The molecule has 0 unspecified atom stereocenters. The van der Waals surface area contributed by atoms with E-state index in [1.165, 1.54) is 0 Å². The van der Waals surface area contributed by atoms with E-state index in [0.29, 0.717) is 37.7 Å². The molecule has 3 aliphatic carbocycles. The Balaban J connectivity index is 0.000000178. The number of rotatable bonds is 0. The summed E-state index contributed by atoms with van der Waals surface area (Å²) in [5.41, 5.74) is -1.07. The number of likely N-dealkylation sites (tertiary alicyclic amines) is 2. The summed E-state index contributed by atoms with van der Waals surface area (Å²) in [6.45, 7) is 13.9. The zero-order valence-electron chi connectivity index (χ0n) is 24.5. The molecule has 0 aromatic heterocycles. The van der Waals surface area contributed by atoms with E-state index in [4.69, 9.17) is 9.47 Å². The molecule has 2 saturated heterocycles. The number of hydrogen-bond acceptors (Lipinski definition) is 6. The molecule has 3 saturated carbocycles. The molecule has 0 N–H and O–H groups in total. The molecule has 5 aliphatic rings. The Hall–Kier alpha value is -2.12. The molecule has 38 heavy (non-hydrogen) atoms. The van der Waals surface area contributed by atoms with Gasteiger partial charge in [-0.1, -0.05) is 0 Å². The summed E-state index contributed by atoms with van der Waals surface area (Å²) < 4.78 is 10.8. The fourth-order valence-electron chi connectivity index (χ4n) is 6.78. The fourth-order valence-corrected chi connectivity index (χ4v) is 6.78. The predicted octanol–water partition coefficient (Wildman–Crippen LogP) is 5.90. The Morgan fingerprint density at radius 3 is 1.29 bits per heavy atom. The van der Waals surface area contributed by atoms with Gasteiger partial charge < -0.3 is 19.3 Å². The first-order valence-corrected chi connectivity index (χ1v) is 14.6. The highest BCUT2D eigenvalue weighted by Gasteiger charge is 2.62. The number of piperidine rings is 2. The van der Waals surface area contributed by atoms with Crippen molar-refractivity contribution in [2.45, 2.75) is 123 Å². The standard InChI is InChI=1S/C16H25NO3.C14H23NO3/c1-14(2,3)20-13(19)17-10-8-16(9-11-17)7-6-15(4-5-15)12(16)18;1-13(2,3)18-12(17)15-9-7-14(8-10-15)6-4-5-11(14)16/h4-11H2,1-3H3;4-10H2,1-3H3. The van der Waals surface area contributed by atoms with Crippen molar-refractivity contribution in [3.8, 4) is 0 Å². The van der Waals surface area contributed by atoms with Gasteiger partial charge >= 0.3 is 12.2 Å². The molecule has 8 nitrogen and oxygen atoms in total. The van der Waals surface area contributed by atoms with Crippen molar-refractivity contribution in [3.05, 3.63) is 0 Å². The lowest BCUT2D eigenvalue weighted by Gasteiger charge is -2.38. The van der Waals surface area contributed by atoms with Crippen molar-refractivity contribution in [2.75, 3.05) is 26.2 Å². The topological polar surface area (TPSA) is 93.2 Å². The van der Waals surface area contributed by atoms with Crippen LogP contribution in [0.1, 0.15) is 112 Å². The van der Waals surface area contributed by atoms with Crippen LogP contribution in [0, 0.1) is 16.2 Å². The van der Waals surface area contributed by atoms with Gasteiger partial charge in [-0.2, -0.15) is 0 Å². The number of carbonyl (C=O) groups is 4. The van der Waals surface area contributed by atoms with Gasteiger partial charge in [-0.15, -0.1) is 0 Å². The molecular weight excluding hydrogens is 484 g/mol. The summed E-state index contributed by atoms with van der Waals surface area (Å²) in [6.07, 6.45) is 9.86. The number of carbonyl (C=O) groups excluding carboxylic acids is 4. The van der Waals surface area contributed by atoms with E-state index in [9.17, 15) is 19.2 Å². The zero-order valence-corrected chi connectivity index (χ0v) is 24.5. The van der Waals surface area contributed by atoms with Crippen molar-refractivity contribution >= 4 is 23.8 Å². The molecule has 5 fully saturated rings. The summed E-state index contributed by atoms with van der Waals surface area (Å²) in [7, 11) is 0. The van der Waals surface area contributed by atoms with E-state index in [-0.39, 0.29) is 28.4 Å². The smallest absolute Gasteiger partial charge is 0.410 e. The third-order valence-corrected chi connectivity index (χ3v) is 9.29. The minimum absolute atomic E-state index is 0.0636. The Bertz CT molecular complexity index is 939. The van der Waals surface area contributed by atoms with Crippen LogP contribution in [-0.2, 0) is 19.1 Å². The Morgan fingerprint density at radius 1 is 0.605 bits per heavy atom. The second-order valence-electron chi connectivity index (χ2n) is 14.4. The van der Waals surface area contributed by atoms with Crippen LogP contribution in [0.4, 0.5) is 9.59 Å². The summed E-state index contributed by atoms with van der Waals surface area (Å²) >= 11 is 0. The van der Waals surface area contributed by atoms with Gasteiger partial charge in [-0.3, -0.25) is 9.59 Å². The molecule has 0 radical (unpaired) electrons. The van der Waals surface area contributed by atoms with E-state index in [2.05, 4.69) is 0 Å². The number of amides is 2. The van der Waals surface area contributed by atoms with Crippen molar-refractivity contribution in [3.63, 3.8) is 0 Å². The second-order valence-corrected chi connectivity index (χ2v) is 14.4. The maximum absolute atomic E-state index is 12.6. The van der Waals surface area contributed by atoms with Crippen molar-refractivity contribution in [1.82, 2.24) is 9.80 Å². The minimum atomic E-state index is -0.451. The molecule has 8 heteroatoms. The van der Waals surface area contributed by atoms with E-state index in [1.807, 2.05) is 41.5 Å². The van der Waals surface area contributed by atoms with Gasteiger partial charge in [0.05, 0.1) is 0 Å². The van der Waals surface area contributed by atoms with E-state index >= 15 is 0 Å². The van der Waals surface area contributed by atoms with Crippen molar-refractivity contribution in [1.29, 1.82) is 0 Å². The first-order chi connectivity index (χ1) is 17.6. The monoisotopic (exact) mass is 532 g/mol. The fraction of sp³-hybridized carbons (Fsp3) is 0.867. The molecule has 214 valence electrons. The molecule has 5 rings (SSSR count). The number of Topliss-reactive ketones (excluding diaryl/α,β-unsaturated/α-hetero) is 2. The number of ether oxygens (including phenoxy) is 2. The quantitative estimate of drug-likeness (QED) is 0.385. The highest BCUT2D eigenvalue weighted by atomic mass is 16.6. The van der Waals surface area contributed by atoms with Crippen LogP contribution in [-0.4, -0.2) is 70.9 Å². The lowest BCUT2D eigenvalue weighted by molar-refractivity contribution is -0.132. The Morgan fingerprint density at radius 2 is 0.974 bits per heavy atom. The average molecular weight is 533 g/mol. The molecule has 2 heterocycles. The molecule has 2 amide bonds. The third kappa shape index (κ3) is 6.20. The van der Waals surface area contributed by atoms with E-state index in [0.717, 1.165) is 70.6 Å². The molecular formula is C30H48N2O6. The van der Waals surface area contributed by atoms with Gasteiger partial charge in [0.1, 0.15) is 22.8 Å². The highest BCUT2D eigenvalue weighted by Crippen LogP contribution is 2.63. The first-order valence-electron chi connectivity index (χ1n) is 14.6. The first kappa shape index (κ1) is 28.9. The van der Waals surface area contributed by atoms with E-state index in [1.54, 1.807) is 9.80 Å².